The summed E-state index contributed by atoms with van der Waals surface area (Å²) in [6.07, 6.45) is -0.753. The van der Waals surface area contributed by atoms with E-state index in [2.05, 4.69) is 4.74 Å². The fraction of sp³-hybridized carbons (Fsp3) is 0.875. The average Bonchev–Trinajstić information content (AvgIpc) is 2.03. The largest absolute Gasteiger partial charge is 0.434 e. The highest BCUT2D eigenvalue weighted by Crippen LogP contribution is 2.01. The summed E-state index contributed by atoms with van der Waals surface area (Å²) < 4.78 is 4.51. The summed E-state index contributed by atoms with van der Waals surface area (Å²) in [6, 6.07) is 0. The number of aliphatic hydroxyl groups is 2. The van der Waals surface area contributed by atoms with Crippen molar-refractivity contribution in [3.05, 3.63) is 0 Å². The van der Waals surface area contributed by atoms with Crippen molar-refractivity contribution in [2.45, 2.75) is 45.5 Å². The molecular formula is C8H16O4. The minimum Gasteiger partial charge on any atom is -0.434 e. The van der Waals surface area contributed by atoms with Gasteiger partial charge in [-0.3, -0.25) is 0 Å². The quantitative estimate of drug-likeness (QED) is 0.470. The van der Waals surface area contributed by atoms with Gasteiger partial charge in [-0.15, -0.1) is 0 Å². The minimum atomic E-state index is -1.11. The molecule has 2 N–H and O–H groups in total. The Morgan fingerprint density at radius 2 is 2.00 bits per heavy atom. The van der Waals surface area contributed by atoms with E-state index >= 15 is 0 Å². The first kappa shape index (κ1) is 11.4. The lowest BCUT2D eigenvalue weighted by Crippen LogP contribution is -2.27. The molecule has 0 saturated carbocycles. The maximum absolute atomic E-state index is 10.8. The number of carbonyl (C=O) groups is 1. The monoisotopic (exact) mass is 176 g/mol. The average molecular weight is 176 g/mol. The van der Waals surface area contributed by atoms with Crippen molar-refractivity contribution in [3.8, 4) is 0 Å². The first-order chi connectivity index (χ1) is 5.61. The van der Waals surface area contributed by atoms with E-state index in [1.54, 1.807) is 6.92 Å². The molecule has 0 amide bonds. The minimum absolute atomic E-state index is 0.303. The van der Waals surface area contributed by atoms with Gasteiger partial charge in [0.05, 0.1) is 0 Å². The van der Waals surface area contributed by atoms with Gasteiger partial charge in [-0.1, -0.05) is 20.3 Å². The molecule has 0 bridgehead atoms. The zero-order valence-corrected chi connectivity index (χ0v) is 7.49. The molecule has 0 aliphatic heterocycles. The lowest BCUT2D eigenvalue weighted by atomic mass is 10.3. The highest BCUT2D eigenvalue weighted by atomic mass is 16.6. The van der Waals surface area contributed by atoms with Crippen LogP contribution in [-0.4, -0.2) is 28.6 Å². The summed E-state index contributed by atoms with van der Waals surface area (Å²) >= 11 is 0. The molecule has 0 aliphatic carbocycles. The van der Waals surface area contributed by atoms with E-state index in [0.717, 1.165) is 6.42 Å². The molecule has 0 spiro atoms. The molecule has 2 unspecified atom stereocenters. The zero-order chi connectivity index (χ0) is 9.56. The molecule has 4 heteroatoms. The summed E-state index contributed by atoms with van der Waals surface area (Å²) in [7, 11) is 0. The maximum Gasteiger partial charge on any atom is 0.337 e. The van der Waals surface area contributed by atoms with Gasteiger partial charge in [-0.2, -0.15) is 0 Å². The molecule has 4 nitrogen and oxygen atoms in total. The highest BCUT2D eigenvalue weighted by molar-refractivity contribution is 5.74. The van der Waals surface area contributed by atoms with Crippen molar-refractivity contribution in [2.75, 3.05) is 0 Å². The topological polar surface area (TPSA) is 66.8 Å². The standard InChI is InChI=1S/C8H16O4/c1-3-5-7(10)12-8(11)6(9)4-2/h6-7,9-10H,3-5H2,1-2H3. The number of ether oxygens (including phenoxy) is 1. The summed E-state index contributed by atoms with van der Waals surface area (Å²) in [5.41, 5.74) is 0. The van der Waals surface area contributed by atoms with Crippen molar-refractivity contribution >= 4 is 5.97 Å². The lowest BCUT2D eigenvalue weighted by molar-refractivity contribution is -0.178. The van der Waals surface area contributed by atoms with Crippen LogP contribution < -0.4 is 0 Å². The molecule has 0 aromatic carbocycles. The number of aliphatic hydroxyl groups excluding tert-OH is 2. The Labute approximate surface area is 72.2 Å². The molecule has 12 heavy (non-hydrogen) atoms. The summed E-state index contributed by atoms with van der Waals surface area (Å²) in [5.74, 6) is -0.751. The zero-order valence-electron chi connectivity index (χ0n) is 7.49. The van der Waals surface area contributed by atoms with Crippen LogP contribution in [0.3, 0.4) is 0 Å². The van der Waals surface area contributed by atoms with Gasteiger partial charge in [0.15, 0.2) is 6.10 Å². The summed E-state index contributed by atoms with van der Waals surface area (Å²) in [5, 5.41) is 18.0. The molecule has 0 rings (SSSR count). The maximum atomic E-state index is 10.8. The number of hydrogen-bond acceptors (Lipinski definition) is 4. The van der Waals surface area contributed by atoms with Gasteiger partial charge < -0.3 is 14.9 Å². The van der Waals surface area contributed by atoms with Crippen molar-refractivity contribution in [1.29, 1.82) is 0 Å². The van der Waals surface area contributed by atoms with E-state index in [1.807, 2.05) is 6.92 Å². The van der Waals surface area contributed by atoms with Crippen molar-refractivity contribution in [3.63, 3.8) is 0 Å². The predicted octanol–water partition coefficient (Wildman–Crippen LogP) is 0.419. The van der Waals surface area contributed by atoms with E-state index in [9.17, 15) is 4.79 Å². The first-order valence-corrected chi connectivity index (χ1v) is 4.18. The van der Waals surface area contributed by atoms with Crippen LogP contribution in [0.15, 0.2) is 0 Å². The first-order valence-electron chi connectivity index (χ1n) is 4.18. The number of rotatable bonds is 5. The van der Waals surface area contributed by atoms with Crippen molar-refractivity contribution in [1.82, 2.24) is 0 Å². The Bertz CT molecular complexity index is 135. The van der Waals surface area contributed by atoms with Gasteiger partial charge in [0.25, 0.3) is 0 Å². The van der Waals surface area contributed by atoms with Crippen LogP contribution in [-0.2, 0) is 9.53 Å². The smallest absolute Gasteiger partial charge is 0.337 e. The van der Waals surface area contributed by atoms with Gasteiger partial charge >= 0.3 is 5.97 Å². The van der Waals surface area contributed by atoms with Crippen LogP contribution in [0.2, 0.25) is 0 Å². The number of carbonyl (C=O) groups excluding carboxylic acids is 1. The number of hydrogen-bond donors (Lipinski definition) is 2. The van der Waals surface area contributed by atoms with Crippen LogP contribution in [0.25, 0.3) is 0 Å². The molecular weight excluding hydrogens is 160 g/mol. The van der Waals surface area contributed by atoms with Gasteiger partial charge in [0.1, 0.15) is 0 Å². The summed E-state index contributed by atoms with van der Waals surface area (Å²) in [4.78, 5) is 10.8. The van der Waals surface area contributed by atoms with Gasteiger partial charge in [-0.05, 0) is 6.42 Å². The molecule has 0 aliphatic rings. The second kappa shape index (κ2) is 5.97. The van der Waals surface area contributed by atoms with Crippen LogP contribution in [0.5, 0.6) is 0 Å². The van der Waals surface area contributed by atoms with Crippen LogP contribution in [0.4, 0.5) is 0 Å². The molecule has 0 aromatic rings. The Hall–Kier alpha value is -0.610. The van der Waals surface area contributed by atoms with E-state index in [-0.39, 0.29) is 0 Å². The third-order valence-corrected chi connectivity index (χ3v) is 1.45. The molecule has 72 valence electrons. The van der Waals surface area contributed by atoms with Crippen LogP contribution in [0, 0.1) is 0 Å². The molecule has 0 radical (unpaired) electrons. The number of esters is 1. The fourth-order valence-electron chi connectivity index (χ4n) is 0.685. The molecule has 2 atom stereocenters. The molecule has 0 heterocycles. The van der Waals surface area contributed by atoms with Crippen molar-refractivity contribution in [2.24, 2.45) is 0 Å². The van der Waals surface area contributed by atoms with Crippen molar-refractivity contribution < 1.29 is 19.7 Å². The van der Waals surface area contributed by atoms with Crippen LogP contribution >= 0.6 is 0 Å². The molecule has 0 fully saturated rings. The molecule has 0 aromatic heterocycles. The lowest BCUT2D eigenvalue weighted by Gasteiger charge is -2.13. The van der Waals surface area contributed by atoms with E-state index in [1.165, 1.54) is 0 Å². The Morgan fingerprint density at radius 1 is 1.42 bits per heavy atom. The Balaban J connectivity index is 3.67. The summed E-state index contributed by atoms with van der Waals surface area (Å²) in [6.45, 7) is 3.53. The second-order valence-electron chi connectivity index (χ2n) is 2.60. The van der Waals surface area contributed by atoms with E-state index in [0.29, 0.717) is 12.8 Å². The van der Waals surface area contributed by atoms with Crippen LogP contribution in [0.1, 0.15) is 33.1 Å². The third-order valence-electron chi connectivity index (χ3n) is 1.45. The Kier molecular flexibility index (Phi) is 5.66. The molecule has 0 saturated heterocycles. The SMILES string of the molecule is CCCC(O)OC(=O)C(O)CC. The van der Waals surface area contributed by atoms with E-state index in [4.69, 9.17) is 10.2 Å². The normalized spacial score (nSPS) is 15.3. The second-order valence-corrected chi connectivity index (χ2v) is 2.60. The van der Waals surface area contributed by atoms with E-state index < -0.39 is 18.4 Å². The highest BCUT2D eigenvalue weighted by Gasteiger charge is 2.17. The van der Waals surface area contributed by atoms with Gasteiger partial charge in [0.2, 0.25) is 6.29 Å². The fourth-order valence-corrected chi connectivity index (χ4v) is 0.685. The predicted molar refractivity (Wildman–Crippen MR) is 43.3 cm³/mol. The van der Waals surface area contributed by atoms with Gasteiger partial charge in [-0.25, -0.2) is 4.79 Å². The van der Waals surface area contributed by atoms with Gasteiger partial charge in [0, 0.05) is 6.42 Å². The third kappa shape index (κ3) is 4.31. The Morgan fingerprint density at radius 3 is 2.42 bits per heavy atom.